The summed E-state index contributed by atoms with van der Waals surface area (Å²) in [5.41, 5.74) is 0. The van der Waals surface area contributed by atoms with E-state index >= 15 is 0 Å². The molecule has 0 aromatic heterocycles. The molecule has 54 heavy (non-hydrogen) atoms. The number of hydrogen-bond donors (Lipinski definition) is 2. The van der Waals surface area contributed by atoms with Crippen LogP contribution >= 0.6 is 0 Å². The maximum Gasteiger partial charge on any atom is 0.460 e. The predicted octanol–water partition coefficient (Wildman–Crippen LogP) is 7.83. The van der Waals surface area contributed by atoms with Gasteiger partial charge in [0, 0.05) is 12.8 Å². The molecule has 0 bridgehead atoms. The van der Waals surface area contributed by atoms with E-state index in [2.05, 4.69) is 9.47 Å². The molecule has 0 aromatic carbocycles. The van der Waals surface area contributed by atoms with Crippen molar-refractivity contribution in [3.05, 3.63) is 0 Å². The second-order valence-electron chi connectivity index (χ2n) is 10.4. The van der Waals surface area contributed by atoms with Crippen LogP contribution in [0.15, 0.2) is 0 Å². The number of aliphatic hydroxyl groups is 2. The van der Waals surface area contributed by atoms with E-state index in [1.165, 1.54) is 0 Å². The molecule has 6 nitrogen and oxygen atoms in total. The van der Waals surface area contributed by atoms with E-state index in [9.17, 15) is 134 Å². The van der Waals surface area contributed by atoms with E-state index in [0.29, 0.717) is 0 Å². The largest absolute Gasteiger partial charge is 0.464 e. The Morgan fingerprint density at radius 1 is 0.370 bits per heavy atom. The molecule has 0 radical (unpaired) electrons. The van der Waals surface area contributed by atoms with Crippen LogP contribution in [0.1, 0.15) is 25.7 Å². The number of ether oxygens (including phenoxy) is 2. The summed E-state index contributed by atoms with van der Waals surface area (Å²) in [6, 6.07) is 0. The molecule has 322 valence electrons. The van der Waals surface area contributed by atoms with Crippen LogP contribution in [0.5, 0.6) is 0 Å². The Morgan fingerprint density at radius 2 is 0.574 bits per heavy atom. The van der Waals surface area contributed by atoms with Crippen molar-refractivity contribution in [1.29, 1.82) is 0 Å². The minimum atomic E-state index is -8.23. The van der Waals surface area contributed by atoms with Gasteiger partial charge in [-0.1, -0.05) is 0 Å². The van der Waals surface area contributed by atoms with Gasteiger partial charge in [-0.25, -0.2) is 9.59 Å². The first-order valence-electron chi connectivity index (χ1n) is 12.9. The van der Waals surface area contributed by atoms with E-state index < -0.39 is 135 Å². The van der Waals surface area contributed by atoms with Gasteiger partial charge in [0.15, 0.2) is 12.2 Å². The Balaban J connectivity index is 5.39. The summed E-state index contributed by atoms with van der Waals surface area (Å²) >= 11 is 0. The average molecular weight is 870 g/mol. The van der Waals surface area contributed by atoms with Crippen molar-refractivity contribution in [2.45, 2.75) is 109 Å². The molecule has 0 unspecified atom stereocenters. The zero-order valence-corrected chi connectivity index (χ0v) is 24.8. The van der Waals surface area contributed by atoms with E-state index in [-0.39, 0.29) is 0 Å². The normalized spacial score (nSPS) is 16.6. The third kappa shape index (κ3) is 8.55. The predicted molar refractivity (Wildman–Crippen MR) is 114 cm³/mol. The lowest BCUT2D eigenvalue weighted by Gasteiger charge is -2.39. The van der Waals surface area contributed by atoms with E-state index in [0.717, 1.165) is 0 Å². The Bertz CT molecular complexity index is 1210. The molecular formula is C22H16F26O6. The summed E-state index contributed by atoms with van der Waals surface area (Å²) in [6.07, 6.45) is -31.9. The zero-order valence-electron chi connectivity index (χ0n) is 24.8. The van der Waals surface area contributed by atoms with Gasteiger partial charge in [0.25, 0.3) is 0 Å². The Labute approximate surface area is 279 Å². The lowest BCUT2D eigenvalue weighted by atomic mass is 9.92. The maximum atomic E-state index is 13.7. The summed E-state index contributed by atoms with van der Waals surface area (Å²) in [5, 5.41) is 18.8. The number of rotatable bonds is 19. The Kier molecular flexibility index (Phi) is 14.3. The highest BCUT2D eigenvalue weighted by atomic mass is 19.4. The van der Waals surface area contributed by atoms with Crippen molar-refractivity contribution in [2.75, 3.05) is 13.2 Å². The fourth-order valence-corrected chi connectivity index (χ4v) is 3.28. The topological polar surface area (TPSA) is 93.1 Å². The minimum absolute atomic E-state index is 1.87. The molecule has 0 saturated carbocycles. The Hall–Kier alpha value is -2.96. The number of aliphatic hydroxyl groups excluding tert-OH is 2. The van der Waals surface area contributed by atoms with Gasteiger partial charge in [-0.2, -0.15) is 114 Å². The quantitative estimate of drug-likeness (QED) is 0.0782. The van der Waals surface area contributed by atoms with Gasteiger partial charge in [0.05, 0.1) is 13.2 Å². The first-order chi connectivity index (χ1) is 23.3. The fourth-order valence-electron chi connectivity index (χ4n) is 3.28. The maximum absolute atomic E-state index is 13.7. The smallest absolute Gasteiger partial charge is 0.460 e. The van der Waals surface area contributed by atoms with Crippen LogP contribution in [0, 0.1) is 0 Å². The number of halogens is 26. The van der Waals surface area contributed by atoms with Crippen molar-refractivity contribution in [3.63, 3.8) is 0 Å². The highest BCUT2D eigenvalue weighted by Gasteiger charge is 2.92. The molecule has 0 aliphatic carbocycles. The highest BCUT2D eigenvalue weighted by Crippen LogP contribution is 2.62. The molecule has 0 aromatic rings. The molecule has 0 saturated heterocycles. The lowest BCUT2D eigenvalue weighted by molar-refractivity contribution is -0.440. The van der Waals surface area contributed by atoms with Gasteiger partial charge in [-0.05, 0) is 12.8 Å². The van der Waals surface area contributed by atoms with Crippen molar-refractivity contribution >= 4 is 11.9 Å². The number of carbonyl (C=O) groups is 2. The van der Waals surface area contributed by atoms with Crippen LogP contribution in [0.4, 0.5) is 114 Å². The summed E-state index contributed by atoms with van der Waals surface area (Å²) in [5.74, 6) is -82.5. The molecule has 0 amide bonds. The Morgan fingerprint density at radius 3 is 0.778 bits per heavy atom. The van der Waals surface area contributed by atoms with Gasteiger partial charge in [-0.3, -0.25) is 0 Å². The SMILES string of the molecule is O=C(OCCCC(F)(F)C(F)(F)C(F)(F)C(F)(F)C(F)(F)C(F)(F)F)[C@H](O)[C@@H](O)C(=O)OCCCC(F)(F)C(F)(F)C(F)(F)C(F)(F)C(F)(F)C(F)(F)F. The van der Waals surface area contributed by atoms with Gasteiger partial charge in [0.1, 0.15) is 0 Å². The van der Waals surface area contributed by atoms with Gasteiger partial charge >= 0.3 is 83.5 Å². The summed E-state index contributed by atoms with van der Waals surface area (Å²) < 4.78 is 347. The lowest BCUT2D eigenvalue weighted by Crippen LogP contribution is -2.70. The fraction of sp³-hybridized carbons (Fsp3) is 0.909. The van der Waals surface area contributed by atoms with Crippen LogP contribution in [-0.2, 0) is 19.1 Å². The van der Waals surface area contributed by atoms with Crippen molar-refractivity contribution in [1.82, 2.24) is 0 Å². The summed E-state index contributed by atoms with van der Waals surface area (Å²) in [7, 11) is 0. The average Bonchev–Trinajstić information content (AvgIpc) is 2.98. The molecule has 0 aliphatic heterocycles. The van der Waals surface area contributed by atoms with Gasteiger partial charge in [-0.15, -0.1) is 0 Å². The molecular weight excluding hydrogens is 854 g/mol. The molecule has 0 rings (SSSR count). The number of carbonyl (C=O) groups excluding carboxylic acids is 2. The summed E-state index contributed by atoms with van der Waals surface area (Å²) in [6.45, 7) is -3.74. The van der Waals surface area contributed by atoms with Crippen molar-refractivity contribution in [3.8, 4) is 0 Å². The highest BCUT2D eigenvalue weighted by molar-refractivity contribution is 5.85. The van der Waals surface area contributed by atoms with Gasteiger partial charge in [0.2, 0.25) is 0 Å². The van der Waals surface area contributed by atoms with Crippen LogP contribution in [-0.4, -0.2) is 119 Å². The van der Waals surface area contributed by atoms with E-state index in [1.807, 2.05) is 0 Å². The third-order valence-electron chi connectivity index (χ3n) is 6.54. The molecule has 0 fully saturated rings. The number of alkyl halides is 26. The minimum Gasteiger partial charge on any atom is -0.464 e. The molecule has 2 N–H and O–H groups in total. The van der Waals surface area contributed by atoms with Crippen molar-refractivity contribution in [2.24, 2.45) is 0 Å². The number of esters is 2. The molecule has 0 heterocycles. The first-order valence-corrected chi connectivity index (χ1v) is 12.9. The van der Waals surface area contributed by atoms with Gasteiger partial charge < -0.3 is 19.7 Å². The monoisotopic (exact) mass is 870 g/mol. The molecule has 0 aliphatic rings. The van der Waals surface area contributed by atoms with Crippen molar-refractivity contribution < 1.29 is 143 Å². The van der Waals surface area contributed by atoms with Crippen LogP contribution < -0.4 is 0 Å². The standard InChI is InChI=1S/C22H16F26O6/c23-11(24,13(27,28)15(31,32)17(35,36)19(39,40)21(43,44)45)3-1-5-53-9(51)7(49)8(50)10(52)54-6-2-4-12(25,26)14(29,30)16(33,34)18(37,38)20(41,42)22(46,47)48/h7-8,49-50H,1-6H2/t7-,8-/m1/s1. The van der Waals surface area contributed by atoms with Crippen LogP contribution in [0.25, 0.3) is 0 Å². The number of hydrogen-bond acceptors (Lipinski definition) is 6. The second-order valence-corrected chi connectivity index (χ2v) is 10.4. The van der Waals surface area contributed by atoms with E-state index in [4.69, 9.17) is 0 Å². The third-order valence-corrected chi connectivity index (χ3v) is 6.54. The summed E-state index contributed by atoms with van der Waals surface area (Å²) in [4.78, 5) is 23.1. The second kappa shape index (κ2) is 15.2. The first kappa shape index (κ1) is 51.0. The zero-order chi connectivity index (χ0) is 44.0. The molecule has 0 spiro atoms. The van der Waals surface area contributed by atoms with E-state index in [1.54, 1.807) is 0 Å². The molecule has 32 heteroatoms. The molecule has 2 atom stereocenters. The van der Waals surface area contributed by atoms with Crippen LogP contribution in [0.3, 0.4) is 0 Å². The van der Waals surface area contributed by atoms with Crippen LogP contribution in [0.2, 0.25) is 0 Å².